The Morgan fingerprint density at radius 2 is 1.64 bits per heavy atom. The minimum absolute atomic E-state index is 0.122. The average molecular weight is 378 g/mol. The van der Waals surface area contributed by atoms with Crippen LogP contribution in [0.2, 0.25) is 0 Å². The molecule has 0 aliphatic carbocycles. The van der Waals surface area contributed by atoms with Gasteiger partial charge in [-0.2, -0.15) is 5.10 Å². The van der Waals surface area contributed by atoms with Crippen molar-refractivity contribution in [2.24, 2.45) is 0 Å². The van der Waals surface area contributed by atoms with Crippen LogP contribution in [0, 0.1) is 13.8 Å². The number of nitrogens with one attached hydrogen (secondary N) is 2. The summed E-state index contributed by atoms with van der Waals surface area (Å²) in [5.74, 6) is -0.839. The summed E-state index contributed by atoms with van der Waals surface area (Å²) in [5.41, 5.74) is 2.51. The van der Waals surface area contributed by atoms with Crippen LogP contribution in [0.15, 0.2) is 47.3 Å². The molecule has 7 nitrogen and oxygen atoms in total. The third-order valence-corrected chi connectivity index (χ3v) is 4.54. The highest BCUT2D eigenvalue weighted by molar-refractivity contribution is 6.06. The van der Waals surface area contributed by atoms with E-state index in [1.807, 2.05) is 32.0 Å². The Morgan fingerprint density at radius 3 is 2.29 bits per heavy atom. The lowest BCUT2D eigenvalue weighted by Crippen LogP contribution is -2.35. The normalized spacial score (nSPS) is 10.7. The first-order valence-corrected chi connectivity index (χ1v) is 9.06. The molecular weight excluding hydrogens is 356 g/mol. The summed E-state index contributed by atoms with van der Waals surface area (Å²) in [6.07, 6.45) is 0. The molecule has 2 amide bonds. The van der Waals surface area contributed by atoms with Crippen molar-refractivity contribution in [2.75, 3.05) is 11.9 Å². The molecule has 0 bridgehead atoms. The lowest BCUT2D eigenvalue weighted by molar-refractivity contribution is -0.115. The summed E-state index contributed by atoms with van der Waals surface area (Å²) in [4.78, 5) is 37.3. The summed E-state index contributed by atoms with van der Waals surface area (Å²) in [7, 11) is 0. The molecule has 2 N–H and O–H groups in total. The van der Waals surface area contributed by atoms with Gasteiger partial charge in [0.15, 0.2) is 5.69 Å². The van der Waals surface area contributed by atoms with E-state index in [0.29, 0.717) is 17.3 Å². The zero-order chi connectivity index (χ0) is 20.3. The second-order valence-corrected chi connectivity index (χ2v) is 6.51. The Balaban J connectivity index is 1.79. The van der Waals surface area contributed by atoms with Crippen molar-refractivity contribution in [3.8, 4) is 0 Å². The fourth-order valence-electron chi connectivity index (χ4n) is 3.06. The van der Waals surface area contributed by atoms with Crippen LogP contribution in [0.25, 0.3) is 10.8 Å². The highest BCUT2D eigenvalue weighted by Gasteiger charge is 2.17. The maximum Gasteiger partial charge on any atom is 0.274 e. The van der Waals surface area contributed by atoms with Gasteiger partial charge in [0.05, 0.1) is 11.9 Å². The standard InChI is InChI=1S/C21H22N4O3/c1-4-25-21(28)16-11-6-5-10-15(16)19(24-25)20(27)22-12-17(26)23-18-13(2)8-7-9-14(18)3/h5-11H,4,12H2,1-3H3,(H,22,27)(H,23,26). The zero-order valence-electron chi connectivity index (χ0n) is 16.1. The maximum absolute atomic E-state index is 12.7. The Bertz CT molecular complexity index is 1100. The quantitative estimate of drug-likeness (QED) is 0.713. The number of anilines is 1. The molecule has 0 unspecified atom stereocenters. The molecule has 7 heteroatoms. The largest absolute Gasteiger partial charge is 0.342 e. The van der Waals surface area contributed by atoms with Crippen LogP contribution in [-0.4, -0.2) is 28.1 Å². The number of rotatable bonds is 5. The van der Waals surface area contributed by atoms with E-state index in [1.54, 1.807) is 31.2 Å². The first-order valence-electron chi connectivity index (χ1n) is 9.06. The number of hydrogen-bond acceptors (Lipinski definition) is 4. The van der Waals surface area contributed by atoms with Crippen molar-refractivity contribution >= 4 is 28.3 Å². The van der Waals surface area contributed by atoms with E-state index >= 15 is 0 Å². The number of carbonyl (C=O) groups is 2. The number of hydrogen-bond donors (Lipinski definition) is 2. The van der Waals surface area contributed by atoms with Gasteiger partial charge in [-0.25, -0.2) is 4.68 Å². The number of para-hydroxylation sites is 1. The molecule has 0 aliphatic heterocycles. The average Bonchev–Trinajstić information content (AvgIpc) is 2.69. The first-order chi connectivity index (χ1) is 13.4. The van der Waals surface area contributed by atoms with Crippen LogP contribution in [0.1, 0.15) is 28.5 Å². The fraction of sp³-hybridized carbons (Fsp3) is 0.238. The SMILES string of the molecule is CCn1nc(C(=O)NCC(=O)Nc2c(C)cccc2C)c2ccccc2c1=O. The molecule has 1 aromatic heterocycles. The van der Waals surface area contributed by atoms with Crippen molar-refractivity contribution in [3.63, 3.8) is 0 Å². The minimum Gasteiger partial charge on any atom is -0.342 e. The monoisotopic (exact) mass is 378 g/mol. The molecule has 144 valence electrons. The molecular formula is C21H22N4O3. The Morgan fingerprint density at radius 1 is 1.00 bits per heavy atom. The number of benzene rings is 2. The van der Waals surface area contributed by atoms with E-state index in [9.17, 15) is 14.4 Å². The van der Waals surface area contributed by atoms with Gasteiger partial charge in [-0.1, -0.05) is 36.4 Å². The molecule has 0 radical (unpaired) electrons. The smallest absolute Gasteiger partial charge is 0.274 e. The number of aromatic nitrogens is 2. The molecule has 0 spiro atoms. The van der Waals surface area contributed by atoms with Gasteiger partial charge in [0, 0.05) is 17.6 Å². The highest BCUT2D eigenvalue weighted by atomic mass is 16.2. The Kier molecular flexibility index (Phi) is 5.54. The van der Waals surface area contributed by atoms with Gasteiger partial charge < -0.3 is 10.6 Å². The molecule has 0 fully saturated rings. The van der Waals surface area contributed by atoms with Crippen LogP contribution < -0.4 is 16.2 Å². The number of nitrogens with zero attached hydrogens (tertiary/aromatic N) is 2. The lowest BCUT2D eigenvalue weighted by Gasteiger charge is -2.12. The van der Waals surface area contributed by atoms with Gasteiger partial charge >= 0.3 is 0 Å². The van der Waals surface area contributed by atoms with Crippen molar-refractivity contribution in [3.05, 3.63) is 69.6 Å². The Labute approximate surface area is 162 Å². The second kappa shape index (κ2) is 8.04. The van der Waals surface area contributed by atoms with E-state index in [1.165, 1.54) is 4.68 Å². The van der Waals surface area contributed by atoms with Crippen molar-refractivity contribution in [1.29, 1.82) is 0 Å². The molecule has 0 saturated carbocycles. The summed E-state index contributed by atoms with van der Waals surface area (Å²) in [5, 5.41) is 10.5. The van der Waals surface area contributed by atoms with E-state index < -0.39 is 5.91 Å². The van der Waals surface area contributed by atoms with E-state index in [2.05, 4.69) is 15.7 Å². The highest BCUT2D eigenvalue weighted by Crippen LogP contribution is 2.19. The van der Waals surface area contributed by atoms with Gasteiger partial charge in [-0.15, -0.1) is 0 Å². The molecule has 0 atom stereocenters. The third kappa shape index (κ3) is 3.78. The summed E-state index contributed by atoms with van der Waals surface area (Å²) in [6.45, 7) is 5.74. The van der Waals surface area contributed by atoms with Crippen molar-refractivity contribution in [2.45, 2.75) is 27.3 Å². The first kappa shape index (κ1) is 19.3. The summed E-state index contributed by atoms with van der Waals surface area (Å²) >= 11 is 0. The van der Waals surface area contributed by atoms with Gasteiger partial charge in [0.25, 0.3) is 11.5 Å². The maximum atomic E-state index is 12.7. The van der Waals surface area contributed by atoms with Gasteiger partial charge in [0.2, 0.25) is 5.91 Å². The van der Waals surface area contributed by atoms with Crippen LogP contribution >= 0.6 is 0 Å². The molecule has 28 heavy (non-hydrogen) atoms. The number of aryl methyl sites for hydroxylation is 3. The molecule has 3 aromatic rings. The molecule has 2 aromatic carbocycles. The molecule has 0 saturated heterocycles. The fourth-order valence-corrected chi connectivity index (χ4v) is 3.06. The predicted molar refractivity (Wildman–Crippen MR) is 109 cm³/mol. The molecule has 0 aliphatic rings. The van der Waals surface area contributed by atoms with Crippen LogP contribution in [0.3, 0.4) is 0 Å². The van der Waals surface area contributed by atoms with Crippen LogP contribution in [0.5, 0.6) is 0 Å². The third-order valence-electron chi connectivity index (χ3n) is 4.54. The van der Waals surface area contributed by atoms with Gasteiger partial charge in [-0.05, 0) is 38.0 Å². The molecule has 1 heterocycles. The lowest BCUT2D eigenvalue weighted by atomic mass is 10.1. The van der Waals surface area contributed by atoms with Crippen molar-refractivity contribution in [1.82, 2.24) is 15.1 Å². The Hall–Kier alpha value is -3.48. The van der Waals surface area contributed by atoms with E-state index in [4.69, 9.17) is 0 Å². The van der Waals surface area contributed by atoms with Crippen LogP contribution in [0.4, 0.5) is 5.69 Å². The number of carbonyl (C=O) groups excluding carboxylic acids is 2. The summed E-state index contributed by atoms with van der Waals surface area (Å²) < 4.78 is 1.24. The van der Waals surface area contributed by atoms with Gasteiger partial charge in [-0.3, -0.25) is 14.4 Å². The second-order valence-electron chi connectivity index (χ2n) is 6.51. The predicted octanol–water partition coefficient (Wildman–Crippen LogP) is 2.40. The number of amides is 2. The zero-order valence-corrected chi connectivity index (χ0v) is 16.1. The van der Waals surface area contributed by atoms with Crippen molar-refractivity contribution < 1.29 is 9.59 Å². The topological polar surface area (TPSA) is 93.1 Å². The number of fused-ring (bicyclic) bond motifs is 1. The van der Waals surface area contributed by atoms with E-state index in [0.717, 1.165) is 16.8 Å². The minimum atomic E-state index is -0.505. The van der Waals surface area contributed by atoms with Gasteiger partial charge in [0.1, 0.15) is 0 Å². The molecule has 3 rings (SSSR count). The van der Waals surface area contributed by atoms with E-state index in [-0.39, 0.29) is 23.7 Å². The van der Waals surface area contributed by atoms with Crippen LogP contribution in [-0.2, 0) is 11.3 Å². The summed E-state index contributed by atoms with van der Waals surface area (Å²) in [6, 6.07) is 12.6.